The first-order chi connectivity index (χ1) is 13.9. The highest BCUT2D eigenvalue weighted by atomic mass is 32.1. The molecule has 2 aromatic carbocycles. The van der Waals surface area contributed by atoms with Gasteiger partial charge in [0, 0.05) is 5.69 Å². The van der Waals surface area contributed by atoms with Gasteiger partial charge in [0.1, 0.15) is 21.5 Å². The number of esters is 1. The molecule has 1 amide bonds. The SMILES string of the molecule is CCCOC(=O)c1ccc(NC(=O)c2sc(-c3c(F)cccc3F)nc2C)cc1. The lowest BCUT2D eigenvalue weighted by molar-refractivity contribution is 0.0505. The summed E-state index contributed by atoms with van der Waals surface area (Å²) in [4.78, 5) is 28.8. The second kappa shape index (κ2) is 8.91. The van der Waals surface area contributed by atoms with E-state index >= 15 is 0 Å². The molecule has 3 aromatic rings. The van der Waals surface area contributed by atoms with Crippen LogP contribution in [0, 0.1) is 18.6 Å². The smallest absolute Gasteiger partial charge is 0.338 e. The molecular weight excluding hydrogens is 398 g/mol. The van der Waals surface area contributed by atoms with Gasteiger partial charge in [0.25, 0.3) is 5.91 Å². The fourth-order valence-electron chi connectivity index (χ4n) is 2.57. The Labute approximate surface area is 170 Å². The predicted octanol–water partition coefficient (Wildman–Crippen LogP) is 5.22. The van der Waals surface area contributed by atoms with Crippen molar-refractivity contribution >= 4 is 28.9 Å². The zero-order chi connectivity index (χ0) is 21.0. The molecule has 3 rings (SSSR count). The molecule has 0 spiro atoms. The van der Waals surface area contributed by atoms with Gasteiger partial charge in [-0.1, -0.05) is 13.0 Å². The normalized spacial score (nSPS) is 10.6. The van der Waals surface area contributed by atoms with Gasteiger partial charge in [-0.3, -0.25) is 4.79 Å². The summed E-state index contributed by atoms with van der Waals surface area (Å²) >= 11 is 0.908. The van der Waals surface area contributed by atoms with Crippen LogP contribution in [0.3, 0.4) is 0 Å². The zero-order valence-corrected chi connectivity index (χ0v) is 16.6. The fraction of sp³-hybridized carbons (Fsp3) is 0.190. The van der Waals surface area contributed by atoms with E-state index in [1.807, 2.05) is 6.92 Å². The molecule has 0 saturated carbocycles. The van der Waals surface area contributed by atoms with Gasteiger partial charge in [0.15, 0.2) is 0 Å². The van der Waals surface area contributed by atoms with Crippen molar-refractivity contribution in [2.75, 3.05) is 11.9 Å². The van der Waals surface area contributed by atoms with Gasteiger partial charge in [-0.05, 0) is 49.7 Å². The number of thiazole rings is 1. The van der Waals surface area contributed by atoms with Gasteiger partial charge in [0.2, 0.25) is 0 Å². The maximum atomic E-state index is 14.0. The topological polar surface area (TPSA) is 68.3 Å². The number of amides is 1. The van der Waals surface area contributed by atoms with Crippen molar-refractivity contribution in [1.82, 2.24) is 4.98 Å². The molecule has 1 heterocycles. The van der Waals surface area contributed by atoms with E-state index in [9.17, 15) is 18.4 Å². The Kier molecular flexibility index (Phi) is 6.33. The quantitative estimate of drug-likeness (QED) is 0.560. The molecule has 0 bridgehead atoms. The number of benzene rings is 2. The summed E-state index contributed by atoms with van der Waals surface area (Å²) < 4.78 is 33.0. The summed E-state index contributed by atoms with van der Waals surface area (Å²) in [6, 6.07) is 9.80. The van der Waals surface area contributed by atoms with E-state index in [-0.39, 0.29) is 15.4 Å². The third-order valence-corrected chi connectivity index (χ3v) is 5.17. The number of carbonyl (C=O) groups excluding carboxylic acids is 2. The molecule has 0 aliphatic heterocycles. The Morgan fingerprint density at radius 2 is 1.76 bits per heavy atom. The van der Waals surface area contributed by atoms with Crippen LogP contribution in [0.4, 0.5) is 14.5 Å². The van der Waals surface area contributed by atoms with Crippen LogP contribution in [-0.4, -0.2) is 23.5 Å². The molecule has 0 fully saturated rings. The predicted molar refractivity (Wildman–Crippen MR) is 107 cm³/mol. The molecule has 0 unspecified atom stereocenters. The fourth-order valence-corrected chi connectivity index (χ4v) is 3.58. The van der Waals surface area contributed by atoms with Crippen LogP contribution in [-0.2, 0) is 4.74 Å². The van der Waals surface area contributed by atoms with Gasteiger partial charge in [-0.2, -0.15) is 0 Å². The number of nitrogens with one attached hydrogen (secondary N) is 1. The Hall–Kier alpha value is -3.13. The number of ether oxygens (including phenoxy) is 1. The Bertz CT molecular complexity index is 1030. The van der Waals surface area contributed by atoms with E-state index in [1.54, 1.807) is 31.2 Å². The summed E-state index contributed by atoms with van der Waals surface area (Å²) in [7, 11) is 0. The van der Waals surface area contributed by atoms with Gasteiger partial charge in [-0.15, -0.1) is 11.3 Å². The third-order valence-electron chi connectivity index (χ3n) is 4.00. The van der Waals surface area contributed by atoms with Gasteiger partial charge < -0.3 is 10.1 Å². The second-order valence-corrected chi connectivity index (χ2v) is 7.20. The number of aromatic nitrogens is 1. The maximum absolute atomic E-state index is 14.0. The van der Waals surface area contributed by atoms with Crippen LogP contribution >= 0.6 is 11.3 Å². The van der Waals surface area contributed by atoms with Crippen molar-refractivity contribution in [3.8, 4) is 10.6 Å². The molecular formula is C21H18F2N2O3S. The van der Waals surface area contributed by atoms with E-state index in [0.29, 0.717) is 23.6 Å². The largest absolute Gasteiger partial charge is 0.462 e. The first-order valence-electron chi connectivity index (χ1n) is 8.91. The Morgan fingerprint density at radius 1 is 1.10 bits per heavy atom. The minimum absolute atomic E-state index is 0.0947. The zero-order valence-electron chi connectivity index (χ0n) is 15.8. The number of halogens is 2. The average molecular weight is 416 g/mol. The number of rotatable bonds is 6. The molecule has 29 heavy (non-hydrogen) atoms. The Morgan fingerprint density at radius 3 is 2.38 bits per heavy atom. The van der Waals surface area contributed by atoms with Crippen LogP contribution in [0.25, 0.3) is 10.6 Å². The highest BCUT2D eigenvalue weighted by Crippen LogP contribution is 2.32. The standard InChI is InChI=1S/C21H18F2N2O3S/c1-3-11-28-21(27)13-7-9-14(10-8-13)25-19(26)18-12(2)24-20(29-18)17-15(22)5-4-6-16(17)23/h4-10H,3,11H2,1-2H3,(H,25,26). The number of hydrogen-bond acceptors (Lipinski definition) is 5. The van der Waals surface area contributed by atoms with Crippen LogP contribution in [0.5, 0.6) is 0 Å². The summed E-state index contributed by atoms with van der Waals surface area (Å²) in [6.07, 6.45) is 0.729. The van der Waals surface area contributed by atoms with Crippen molar-refractivity contribution in [2.24, 2.45) is 0 Å². The lowest BCUT2D eigenvalue weighted by Crippen LogP contribution is -2.12. The van der Waals surface area contributed by atoms with Gasteiger partial charge >= 0.3 is 5.97 Å². The van der Waals surface area contributed by atoms with E-state index in [4.69, 9.17) is 4.74 Å². The van der Waals surface area contributed by atoms with Crippen LogP contribution < -0.4 is 5.32 Å². The second-order valence-electron chi connectivity index (χ2n) is 6.20. The van der Waals surface area contributed by atoms with E-state index in [0.717, 1.165) is 29.9 Å². The van der Waals surface area contributed by atoms with Crippen molar-refractivity contribution in [2.45, 2.75) is 20.3 Å². The monoisotopic (exact) mass is 416 g/mol. The number of aryl methyl sites for hydroxylation is 1. The molecule has 0 aliphatic carbocycles. The number of hydrogen-bond donors (Lipinski definition) is 1. The third kappa shape index (κ3) is 4.65. The van der Waals surface area contributed by atoms with Crippen LogP contribution in [0.15, 0.2) is 42.5 Å². The molecule has 1 N–H and O–H groups in total. The van der Waals surface area contributed by atoms with E-state index < -0.39 is 23.5 Å². The molecule has 0 radical (unpaired) electrons. The average Bonchev–Trinajstić information content (AvgIpc) is 3.08. The highest BCUT2D eigenvalue weighted by molar-refractivity contribution is 7.17. The van der Waals surface area contributed by atoms with E-state index in [2.05, 4.69) is 10.3 Å². The maximum Gasteiger partial charge on any atom is 0.338 e. The molecule has 150 valence electrons. The van der Waals surface area contributed by atoms with Gasteiger partial charge in [-0.25, -0.2) is 18.6 Å². The number of nitrogens with zero attached hydrogens (tertiary/aromatic N) is 1. The van der Waals surface area contributed by atoms with Crippen LogP contribution in [0.1, 0.15) is 39.1 Å². The summed E-state index contributed by atoms with van der Waals surface area (Å²) in [5, 5.41) is 2.79. The van der Waals surface area contributed by atoms with Crippen molar-refractivity contribution in [1.29, 1.82) is 0 Å². The summed E-state index contributed by atoms with van der Waals surface area (Å²) in [6.45, 7) is 3.84. The minimum atomic E-state index is -0.740. The number of anilines is 1. The van der Waals surface area contributed by atoms with Crippen molar-refractivity contribution in [3.05, 3.63) is 70.2 Å². The molecule has 0 saturated heterocycles. The lowest BCUT2D eigenvalue weighted by Gasteiger charge is -2.06. The Balaban J connectivity index is 1.76. The van der Waals surface area contributed by atoms with E-state index in [1.165, 1.54) is 6.07 Å². The van der Waals surface area contributed by atoms with Crippen LogP contribution in [0.2, 0.25) is 0 Å². The molecule has 0 atom stereocenters. The highest BCUT2D eigenvalue weighted by Gasteiger charge is 2.20. The molecule has 5 nitrogen and oxygen atoms in total. The summed E-state index contributed by atoms with van der Waals surface area (Å²) in [5.74, 6) is -2.36. The lowest BCUT2D eigenvalue weighted by atomic mass is 10.2. The first-order valence-corrected chi connectivity index (χ1v) is 9.72. The van der Waals surface area contributed by atoms with Crippen molar-refractivity contribution < 1.29 is 23.1 Å². The number of carbonyl (C=O) groups is 2. The summed E-state index contributed by atoms with van der Waals surface area (Å²) in [5.41, 5.74) is 0.954. The molecule has 0 aliphatic rings. The first kappa shape index (κ1) is 20.6. The molecule has 8 heteroatoms. The molecule has 1 aromatic heterocycles. The van der Waals surface area contributed by atoms with Gasteiger partial charge in [0.05, 0.1) is 23.4 Å². The van der Waals surface area contributed by atoms with Crippen molar-refractivity contribution in [3.63, 3.8) is 0 Å². The minimum Gasteiger partial charge on any atom is -0.462 e.